The summed E-state index contributed by atoms with van der Waals surface area (Å²) in [6, 6.07) is 60.7. The number of hydrogen-bond donors (Lipinski definition) is 0. The first-order valence-electron chi connectivity index (χ1n) is 23.0. The molecule has 7 aromatic carbocycles. The Bertz CT molecular complexity index is 3420. The van der Waals surface area contributed by atoms with Gasteiger partial charge in [-0.05, 0) is 114 Å². The number of hydrogen-bond acceptors (Lipinski definition) is 7. The van der Waals surface area contributed by atoms with Gasteiger partial charge in [-0.1, -0.05) is 64.8 Å². The van der Waals surface area contributed by atoms with Gasteiger partial charge < -0.3 is 18.1 Å². The number of imidazole rings is 2. The van der Waals surface area contributed by atoms with Gasteiger partial charge in [0.05, 0.1) is 11.6 Å². The van der Waals surface area contributed by atoms with Gasteiger partial charge in [0.2, 0.25) is 3.83 Å². The maximum atomic E-state index is 5.80. The van der Waals surface area contributed by atoms with Gasteiger partial charge in [0.1, 0.15) is 15.0 Å². The van der Waals surface area contributed by atoms with Crippen LogP contribution < -0.4 is 0 Å². The van der Waals surface area contributed by atoms with Crippen molar-refractivity contribution in [3.8, 4) is 68.2 Å². The molecule has 0 spiro atoms. The van der Waals surface area contributed by atoms with Crippen LogP contribution in [-0.2, 0) is 80.4 Å². The number of nitrogens with zero attached hydrogens (tertiary/aromatic N) is 7. The van der Waals surface area contributed by atoms with Crippen molar-refractivity contribution < 1.29 is 89.4 Å². The van der Waals surface area contributed by atoms with E-state index in [0.717, 1.165) is 60.1 Å². The van der Waals surface area contributed by atoms with E-state index in [2.05, 4.69) is 197 Å². The van der Waals surface area contributed by atoms with Gasteiger partial charge in [-0.3, -0.25) is 15.0 Å². The summed E-state index contributed by atoms with van der Waals surface area (Å²) in [6.45, 7) is 14.8. The van der Waals surface area contributed by atoms with E-state index in [9.17, 15) is 0 Å². The Balaban J connectivity index is 0.000000221. The number of halogens is 4. The fraction of sp³-hybridized carbons (Fsp3) is 0.117. The van der Waals surface area contributed by atoms with Crippen molar-refractivity contribution in [3.05, 3.63) is 239 Å². The number of aromatic nitrogens is 7. The van der Waals surface area contributed by atoms with Crippen LogP contribution in [0.15, 0.2) is 181 Å². The number of oxazole rings is 1. The molecule has 9 nitrogen and oxygen atoms in total. The topological polar surface area (TPSA) is 101 Å². The van der Waals surface area contributed by atoms with Crippen molar-refractivity contribution in [1.29, 1.82) is 0 Å². The summed E-state index contributed by atoms with van der Waals surface area (Å²) in [5, 5.41) is 3.67. The molecule has 17 heteroatoms. The van der Waals surface area contributed by atoms with Crippen molar-refractivity contribution >= 4 is 70.4 Å². The van der Waals surface area contributed by atoms with Gasteiger partial charge in [-0.2, -0.15) is 0 Å². The van der Waals surface area contributed by atoms with Crippen molar-refractivity contribution in [2.45, 2.75) is 48.5 Å². The van der Waals surface area contributed by atoms with Crippen molar-refractivity contribution in [2.75, 3.05) is 0 Å². The molecule has 402 valence electrons. The Hall–Kier alpha value is -3.92. The Morgan fingerprint density at radius 3 is 1.30 bits per heavy atom. The molecule has 0 bridgehead atoms. The molecule has 4 heterocycles. The molecular formula is C60H47Br3IIr4N7O2-4. The van der Waals surface area contributed by atoms with Gasteiger partial charge >= 0.3 is 0 Å². The van der Waals surface area contributed by atoms with Crippen LogP contribution in [0.5, 0.6) is 0 Å². The maximum absolute atomic E-state index is 5.80. The molecule has 0 aliphatic heterocycles. The second-order valence-corrected chi connectivity index (χ2v) is 20.2. The van der Waals surface area contributed by atoms with E-state index in [1.165, 1.54) is 50.3 Å². The van der Waals surface area contributed by atoms with Crippen molar-refractivity contribution in [1.82, 2.24) is 34.2 Å². The normalized spacial score (nSPS) is 10.1. The summed E-state index contributed by atoms with van der Waals surface area (Å²) >= 11 is 12.3. The second-order valence-electron chi connectivity index (χ2n) is 16.9. The van der Waals surface area contributed by atoms with E-state index in [-0.39, 0.29) is 80.4 Å². The van der Waals surface area contributed by atoms with Crippen LogP contribution in [0.2, 0.25) is 0 Å². The fourth-order valence-corrected chi connectivity index (χ4v) is 9.83. The minimum absolute atomic E-state index is 0. The molecule has 0 unspecified atom stereocenters. The molecule has 0 amide bonds. The molecule has 0 N–H and O–H groups in total. The third kappa shape index (κ3) is 16.8. The monoisotopic (exact) mass is 2030 g/mol. The third-order valence-corrected chi connectivity index (χ3v) is 13.0. The van der Waals surface area contributed by atoms with Crippen LogP contribution >= 0.6 is 70.4 Å². The first kappa shape index (κ1) is 65.6. The smallest absolute Gasteiger partial charge is 0.254 e. The maximum Gasteiger partial charge on any atom is 0.254 e. The molecule has 11 rings (SSSR count). The molecule has 0 saturated carbocycles. The quantitative estimate of drug-likeness (QED) is 0.116. The largest absolute Gasteiger partial charge is 0.441 e. The standard InChI is InChI=1S/C18H16BrN2.C17H14BrN2.C17H13BrNO.C8H4IN2O.4Ir/c1-12-9-13(2)17(14(3)10-12)21-11-16(19)20-18(21)15-7-5-4-6-8-15;1-12-7-6-8-13(2)16(12)20-11-15(18)19-17(20)14-9-4-3-5-10-14;1-11-7-6-8-12(2)14(11)16-15(19-17(18)20-16)13-9-4-3-5-10-13;9-8-10-7(12-11-8)6-4-2-1-3-5-6;;;;/h4-7,9-11H,1-3H3;3-9,11H,1-2H3;3-9H,1-2H3;1-4H;;;;/q4*-1;;;;. The number of benzene rings is 7. The molecular weight excluding hydrogens is 1990 g/mol. The summed E-state index contributed by atoms with van der Waals surface area (Å²) in [5.41, 5.74) is 16.6. The average Bonchev–Trinajstić information content (AvgIpc) is 4.19. The van der Waals surface area contributed by atoms with E-state index in [4.69, 9.17) is 8.94 Å². The fourth-order valence-electron chi connectivity index (χ4n) is 8.43. The van der Waals surface area contributed by atoms with E-state index in [0.29, 0.717) is 14.5 Å². The van der Waals surface area contributed by atoms with Gasteiger partial charge in [0, 0.05) is 154 Å². The van der Waals surface area contributed by atoms with E-state index in [1.54, 1.807) is 0 Å². The molecule has 0 atom stereocenters. The van der Waals surface area contributed by atoms with E-state index < -0.39 is 0 Å². The Kier molecular flexibility index (Phi) is 26.6. The van der Waals surface area contributed by atoms with Gasteiger partial charge in [-0.25, -0.2) is 4.98 Å². The van der Waals surface area contributed by atoms with E-state index >= 15 is 0 Å². The summed E-state index contributed by atoms with van der Waals surface area (Å²) in [6.07, 6.45) is 4.02. The molecule has 0 fully saturated rings. The Labute approximate surface area is 543 Å². The number of para-hydroxylation sites is 1. The third-order valence-electron chi connectivity index (χ3n) is 11.4. The molecule has 4 aromatic heterocycles. The van der Waals surface area contributed by atoms with Crippen LogP contribution in [0.4, 0.5) is 0 Å². The first-order chi connectivity index (χ1) is 35.2. The van der Waals surface area contributed by atoms with Crippen LogP contribution in [0.3, 0.4) is 0 Å². The minimum Gasteiger partial charge on any atom is -0.441 e. The average molecular weight is 2030 g/mol. The van der Waals surface area contributed by atoms with Gasteiger partial charge in [0.15, 0.2) is 5.89 Å². The van der Waals surface area contributed by atoms with Crippen LogP contribution in [0, 0.1) is 76.6 Å². The Morgan fingerprint density at radius 2 is 0.883 bits per heavy atom. The SMILES string of the molecule is Cc1cc(C)c(-n2cc(Br)nc2-c2[c-]cccc2)c(C)c1.Cc1cccc(C)c1-c1oc(Br)nc1-c1[c-]cccc1.Cc1cccc(C)c1-n1cc(Br)nc1-c1[c-]cccc1.Ic1noc(-c2[c-]cccc2)n1.[Ir].[Ir].[Ir].[Ir]. The molecule has 0 aliphatic carbocycles. The molecule has 4 radical (unpaired) electrons. The van der Waals surface area contributed by atoms with Crippen LogP contribution in [-0.4, -0.2) is 34.2 Å². The summed E-state index contributed by atoms with van der Waals surface area (Å²) in [7, 11) is 0. The zero-order valence-electron chi connectivity index (χ0n) is 42.3. The summed E-state index contributed by atoms with van der Waals surface area (Å²) < 4.78 is 17.3. The predicted octanol–water partition coefficient (Wildman–Crippen LogP) is 17.1. The second kappa shape index (κ2) is 31.2. The zero-order valence-corrected chi connectivity index (χ0v) is 58.8. The number of rotatable bonds is 7. The number of aryl methyl sites for hydroxylation is 7. The first-order valence-corrected chi connectivity index (χ1v) is 26.5. The predicted molar refractivity (Wildman–Crippen MR) is 309 cm³/mol. The molecule has 77 heavy (non-hydrogen) atoms. The summed E-state index contributed by atoms with van der Waals surface area (Å²) in [4.78, 5) is 18.2. The van der Waals surface area contributed by atoms with Gasteiger partial charge in [-0.15, -0.1) is 138 Å². The van der Waals surface area contributed by atoms with Crippen molar-refractivity contribution in [3.63, 3.8) is 0 Å². The minimum atomic E-state index is 0. The molecule has 0 aliphatic rings. The van der Waals surface area contributed by atoms with E-state index in [1.807, 2.05) is 138 Å². The molecule has 0 saturated heterocycles. The summed E-state index contributed by atoms with van der Waals surface area (Å²) in [5.74, 6) is 3.10. The van der Waals surface area contributed by atoms with Crippen LogP contribution in [0.1, 0.15) is 38.9 Å². The Morgan fingerprint density at radius 1 is 0.468 bits per heavy atom. The van der Waals surface area contributed by atoms with Crippen LogP contribution in [0.25, 0.3) is 68.2 Å². The molecule has 11 aromatic rings. The van der Waals surface area contributed by atoms with Crippen molar-refractivity contribution in [2.24, 2.45) is 0 Å². The van der Waals surface area contributed by atoms with Gasteiger partial charge in [0.25, 0.3) is 4.80 Å². The zero-order chi connectivity index (χ0) is 51.6.